The number of ether oxygens (including phenoxy) is 1. The molecule has 0 saturated heterocycles. The molecule has 0 unspecified atom stereocenters. The molecule has 0 spiro atoms. The third-order valence-electron chi connectivity index (χ3n) is 3.28. The van der Waals surface area contributed by atoms with Gasteiger partial charge in [-0.25, -0.2) is 0 Å². The smallest absolute Gasteiger partial charge is 0.276 e. The van der Waals surface area contributed by atoms with Gasteiger partial charge in [-0.2, -0.15) is 0 Å². The number of hydrogen-bond donors (Lipinski definition) is 2. The molecule has 2 rings (SSSR count). The van der Waals surface area contributed by atoms with E-state index in [1.165, 1.54) is 0 Å². The van der Waals surface area contributed by atoms with Crippen molar-refractivity contribution in [1.82, 2.24) is 10.9 Å². The third kappa shape index (κ3) is 4.95. The van der Waals surface area contributed by atoms with E-state index in [0.29, 0.717) is 11.3 Å². The highest BCUT2D eigenvalue weighted by atomic mass is 127. The molecular formula is C17H17IN2O3. The molecule has 0 radical (unpaired) electrons. The largest absolute Gasteiger partial charge is 0.484 e. The van der Waals surface area contributed by atoms with Gasteiger partial charge in [0.1, 0.15) is 5.75 Å². The number of carbonyl (C=O) groups excluding carboxylic acids is 2. The van der Waals surface area contributed by atoms with Crippen LogP contribution >= 0.6 is 22.6 Å². The van der Waals surface area contributed by atoms with Crippen molar-refractivity contribution in [3.63, 3.8) is 0 Å². The second-order valence-electron chi connectivity index (χ2n) is 5.02. The molecular weight excluding hydrogens is 407 g/mol. The van der Waals surface area contributed by atoms with Crippen molar-refractivity contribution in [3.05, 3.63) is 62.7 Å². The van der Waals surface area contributed by atoms with Crippen LogP contribution in [0.1, 0.15) is 21.5 Å². The highest BCUT2D eigenvalue weighted by Gasteiger charge is 2.10. The molecule has 0 atom stereocenters. The molecule has 0 aliphatic heterocycles. The maximum absolute atomic E-state index is 12.0. The minimum Gasteiger partial charge on any atom is -0.484 e. The zero-order valence-electron chi connectivity index (χ0n) is 12.9. The quantitative estimate of drug-likeness (QED) is 0.586. The second-order valence-corrected chi connectivity index (χ2v) is 6.18. The lowest BCUT2D eigenvalue weighted by Gasteiger charge is -2.10. The van der Waals surface area contributed by atoms with Gasteiger partial charge in [-0.15, -0.1) is 0 Å². The maximum atomic E-state index is 12.0. The molecule has 23 heavy (non-hydrogen) atoms. The topological polar surface area (TPSA) is 67.4 Å². The van der Waals surface area contributed by atoms with E-state index in [9.17, 15) is 9.59 Å². The lowest BCUT2D eigenvalue weighted by molar-refractivity contribution is -0.123. The molecule has 5 nitrogen and oxygen atoms in total. The summed E-state index contributed by atoms with van der Waals surface area (Å²) in [5.41, 5.74) is 7.47. The van der Waals surface area contributed by atoms with Gasteiger partial charge < -0.3 is 4.74 Å². The number of hydrogen-bond acceptors (Lipinski definition) is 3. The first-order valence-corrected chi connectivity index (χ1v) is 8.09. The fraction of sp³-hybridized carbons (Fsp3) is 0.176. The van der Waals surface area contributed by atoms with E-state index in [0.717, 1.165) is 14.7 Å². The summed E-state index contributed by atoms with van der Waals surface area (Å²) in [6.45, 7) is 3.81. The van der Waals surface area contributed by atoms with Crippen LogP contribution in [0.15, 0.2) is 42.5 Å². The van der Waals surface area contributed by atoms with Crippen molar-refractivity contribution in [2.24, 2.45) is 0 Å². The summed E-state index contributed by atoms with van der Waals surface area (Å²) < 4.78 is 6.21. The minimum atomic E-state index is -0.428. The first-order valence-electron chi connectivity index (χ1n) is 7.01. The lowest BCUT2D eigenvalue weighted by atomic mass is 10.1. The van der Waals surface area contributed by atoms with Gasteiger partial charge in [0.05, 0.1) is 5.56 Å². The number of hydrazine groups is 1. The molecule has 0 saturated carbocycles. The third-order valence-corrected chi connectivity index (χ3v) is 4.22. The maximum Gasteiger partial charge on any atom is 0.276 e. The van der Waals surface area contributed by atoms with E-state index in [1.54, 1.807) is 18.2 Å². The molecule has 2 aromatic carbocycles. The van der Waals surface area contributed by atoms with Crippen LogP contribution in [-0.2, 0) is 4.79 Å². The molecule has 2 N–H and O–H groups in total. The van der Waals surface area contributed by atoms with Crippen LogP contribution in [0.4, 0.5) is 0 Å². The summed E-state index contributed by atoms with van der Waals surface area (Å²) in [5.74, 6) is -0.177. The van der Waals surface area contributed by atoms with Crippen molar-refractivity contribution >= 4 is 34.4 Å². The molecule has 0 fully saturated rings. The predicted octanol–water partition coefficient (Wildman–Crippen LogP) is 2.75. The number of carbonyl (C=O) groups is 2. The molecule has 0 aliphatic carbocycles. The molecule has 120 valence electrons. The Labute approximate surface area is 148 Å². The standard InChI is InChI=1S/C17H17IN2O3/c1-11-7-8-13(9-12(11)2)23-10-16(21)19-20-17(22)14-5-3-4-6-15(14)18/h3-9H,10H2,1-2H3,(H,19,21)(H,20,22). The van der Waals surface area contributed by atoms with Gasteiger partial charge in [0.2, 0.25) is 0 Å². The average molecular weight is 424 g/mol. The summed E-state index contributed by atoms with van der Waals surface area (Å²) in [4.78, 5) is 23.7. The Morgan fingerprint density at radius 3 is 2.48 bits per heavy atom. The van der Waals surface area contributed by atoms with Crippen LogP contribution < -0.4 is 15.6 Å². The first-order chi connectivity index (χ1) is 11.0. The lowest BCUT2D eigenvalue weighted by Crippen LogP contribution is -2.44. The zero-order chi connectivity index (χ0) is 16.8. The van der Waals surface area contributed by atoms with Crippen LogP contribution in [0.2, 0.25) is 0 Å². The normalized spacial score (nSPS) is 10.0. The average Bonchev–Trinajstić information content (AvgIpc) is 2.54. The fourth-order valence-electron chi connectivity index (χ4n) is 1.83. The van der Waals surface area contributed by atoms with Gasteiger partial charge in [-0.05, 0) is 71.8 Å². The van der Waals surface area contributed by atoms with Gasteiger partial charge in [0, 0.05) is 3.57 Å². The second kappa shape index (κ2) is 7.96. The van der Waals surface area contributed by atoms with Crippen molar-refractivity contribution in [3.8, 4) is 5.75 Å². The van der Waals surface area contributed by atoms with Crippen molar-refractivity contribution < 1.29 is 14.3 Å². The number of halogens is 1. The van der Waals surface area contributed by atoms with Crippen LogP contribution in [0.3, 0.4) is 0 Å². The molecule has 0 bridgehead atoms. The summed E-state index contributed by atoms with van der Waals surface area (Å²) >= 11 is 2.06. The van der Waals surface area contributed by atoms with Crippen LogP contribution in [0.5, 0.6) is 5.75 Å². The molecule has 6 heteroatoms. The van der Waals surface area contributed by atoms with Crippen LogP contribution in [0.25, 0.3) is 0 Å². The Morgan fingerprint density at radius 1 is 1.04 bits per heavy atom. The van der Waals surface area contributed by atoms with Crippen LogP contribution in [-0.4, -0.2) is 18.4 Å². The van der Waals surface area contributed by atoms with Crippen molar-refractivity contribution in [1.29, 1.82) is 0 Å². The number of rotatable bonds is 4. The monoisotopic (exact) mass is 424 g/mol. The highest BCUT2D eigenvalue weighted by Crippen LogP contribution is 2.16. The summed E-state index contributed by atoms with van der Waals surface area (Å²) in [7, 11) is 0. The minimum absolute atomic E-state index is 0.172. The van der Waals surface area contributed by atoms with Crippen molar-refractivity contribution in [2.45, 2.75) is 13.8 Å². The molecule has 2 aromatic rings. The van der Waals surface area contributed by atoms with Gasteiger partial charge in [-0.1, -0.05) is 18.2 Å². The van der Waals surface area contributed by atoms with E-state index in [4.69, 9.17) is 4.74 Å². The Kier molecular flexibility index (Phi) is 5.97. The SMILES string of the molecule is Cc1ccc(OCC(=O)NNC(=O)c2ccccc2I)cc1C. The van der Waals surface area contributed by atoms with E-state index in [1.807, 2.05) is 38.1 Å². The zero-order valence-corrected chi connectivity index (χ0v) is 15.0. The predicted molar refractivity (Wildman–Crippen MR) is 96.2 cm³/mol. The van der Waals surface area contributed by atoms with Gasteiger partial charge in [0.25, 0.3) is 11.8 Å². The highest BCUT2D eigenvalue weighted by molar-refractivity contribution is 14.1. The Hall–Kier alpha value is -2.09. The van der Waals surface area contributed by atoms with Gasteiger partial charge >= 0.3 is 0 Å². The van der Waals surface area contributed by atoms with Gasteiger partial charge in [0.15, 0.2) is 6.61 Å². The van der Waals surface area contributed by atoms with Gasteiger partial charge in [-0.3, -0.25) is 20.4 Å². The molecule has 2 amide bonds. The number of amides is 2. The van der Waals surface area contributed by atoms with E-state index < -0.39 is 5.91 Å². The molecule has 0 aromatic heterocycles. The van der Waals surface area contributed by atoms with Crippen LogP contribution in [0, 0.1) is 17.4 Å². The number of benzene rings is 2. The van der Waals surface area contributed by atoms with Crippen molar-refractivity contribution in [2.75, 3.05) is 6.61 Å². The molecule has 0 aliphatic rings. The van der Waals surface area contributed by atoms with E-state index in [-0.39, 0.29) is 12.5 Å². The number of aryl methyl sites for hydroxylation is 2. The Morgan fingerprint density at radius 2 is 1.78 bits per heavy atom. The Bertz CT molecular complexity index is 732. The number of nitrogens with one attached hydrogen (secondary N) is 2. The summed E-state index contributed by atoms with van der Waals surface area (Å²) in [6, 6.07) is 12.7. The first kappa shape index (κ1) is 17.3. The van der Waals surface area contributed by atoms with E-state index >= 15 is 0 Å². The fourth-order valence-corrected chi connectivity index (χ4v) is 2.46. The summed E-state index contributed by atoms with van der Waals surface area (Å²) in [6.07, 6.45) is 0. The van der Waals surface area contributed by atoms with E-state index in [2.05, 4.69) is 33.4 Å². The summed E-state index contributed by atoms with van der Waals surface area (Å²) in [5, 5.41) is 0. The molecule has 0 heterocycles. The Balaban J connectivity index is 1.82.